The fraction of sp³-hybridized carbons (Fsp3) is 1.00. The van der Waals surface area contributed by atoms with Crippen LogP contribution in [0.1, 0.15) is 40.0 Å². The third-order valence-electron chi connectivity index (χ3n) is 3.22. The standard InChI is InChI=1S/C13H28N2O/c1-4-8-15-9-6-13(7-10-15)14-12(3)11-16-5-2/h12-14H,4-11H2,1-3H3. The molecule has 0 aromatic heterocycles. The van der Waals surface area contributed by atoms with Crippen LogP contribution in [0.15, 0.2) is 0 Å². The van der Waals surface area contributed by atoms with Gasteiger partial charge in [0.2, 0.25) is 0 Å². The maximum absolute atomic E-state index is 5.42. The number of nitrogens with zero attached hydrogens (tertiary/aromatic N) is 1. The third-order valence-corrected chi connectivity index (χ3v) is 3.22. The molecule has 0 radical (unpaired) electrons. The molecular weight excluding hydrogens is 200 g/mol. The van der Waals surface area contributed by atoms with Crippen LogP contribution in [0, 0.1) is 0 Å². The smallest absolute Gasteiger partial charge is 0.0616 e. The molecule has 0 spiro atoms. The molecule has 0 amide bonds. The van der Waals surface area contributed by atoms with Gasteiger partial charge in [-0.3, -0.25) is 0 Å². The molecule has 1 aliphatic heterocycles. The van der Waals surface area contributed by atoms with Crippen molar-refractivity contribution in [2.45, 2.75) is 52.1 Å². The van der Waals surface area contributed by atoms with Crippen LogP contribution < -0.4 is 5.32 Å². The lowest BCUT2D eigenvalue weighted by Gasteiger charge is -2.33. The van der Waals surface area contributed by atoms with Gasteiger partial charge in [-0.25, -0.2) is 0 Å². The van der Waals surface area contributed by atoms with Crippen molar-refractivity contribution in [3.8, 4) is 0 Å². The van der Waals surface area contributed by atoms with Crippen molar-refractivity contribution in [3.05, 3.63) is 0 Å². The van der Waals surface area contributed by atoms with Crippen molar-refractivity contribution < 1.29 is 4.74 Å². The summed E-state index contributed by atoms with van der Waals surface area (Å²) in [6.07, 6.45) is 3.85. The summed E-state index contributed by atoms with van der Waals surface area (Å²) in [5, 5.41) is 3.66. The number of piperidine rings is 1. The van der Waals surface area contributed by atoms with Crippen LogP contribution in [0.2, 0.25) is 0 Å². The summed E-state index contributed by atoms with van der Waals surface area (Å²) < 4.78 is 5.42. The quantitative estimate of drug-likeness (QED) is 0.720. The number of hydrogen-bond acceptors (Lipinski definition) is 3. The molecule has 3 heteroatoms. The lowest BCUT2D eigenvalue weighted by atomic mass is 10.0. The topological polar surface area (TPSA) is 24.5 Å². The average molecular weight is 228 g/mol. The molecule has 1 saturated heterocycles. The van der Waals surface area contributed by atoms with Gasteiger partial charge in [0, 0.05) is 18.7 Å². The maximum atomic E-state index is 5.42. The molecule has 16 heavy (non-hydrogen) atoms. The highest BCUT2D eigenvalue weighted by Crippen LogP contribution is 2.11. The molecule has 96 valence electrons. The van der Waals surface area contributed by atoms with E-state index in [0.29, 0.717) is 12.1 Å². The first-order valence-corrected chi connectivity index (χ1v) is 6.82. The van der Waals surface area contributed by atoms with Crippen LogP contribution in [0.4, 0.5) is 0 Å². The summed E-state index contributed by atoms with van der Waals surface area (Å²) in [6.45, 7) is 12.0. The summed E-state index contributed by atoms with van der Waals surface area (Å²) in [5.41, 5.74) is 0. The van der Waals surface area contributed by atoms with E-state index in [1.165, 1.54) is 38.9 Å². The number of nitrogens with one attached hydrogen (secondary N) is 1. The van der Waals surface area contributed by atoms with Crippen molar-refractivity contribution in [1.29, 1.82) is 0 Å². The largest absolute Gasteiger partial charge is 0.380 e. The zero-order valence-corrected chi connectivity index (χ0v) is 11.2. The summed E-state index contributed by atoms with van der Waals surface area (Å²) in [5.74, 6) is 0. The van der Waals surface area contributed by atoms with Gasteiger partial charge in [0.15, 0.2) is 0 Å². The van der Waals surface area contributed by atoms with Gasteiger partial charge < -0.3 is 15.0 Å². The van der Waals surface area contributed by atoms with E-state index >= 15 is 0 Å². The van der Waals surface area contributed by atoms with Gasteiger partial charge in [0.1, 0.15) is 0 Å². The van der Waals surface area contributed by atoms with Gasteiger partial charge in [-0.05, 0) is 52.7 Å². The van der Waals surface area contributed by atoms with Crippen LogP contribution in [-0.2, 0) is 4.74 Å². The zero-order valence-electron chi connectivity index (χ0n) is 11.2. The first-order valence-electron chi connectivity index (χ1n) is 6.82. The molecule has 0 aromatic rings. The Morgan fingerprint density at radius 3 is 2.56 bits per heavy atom. The Hall–Kier alpha value is -0.120. The monoisotopic (exact) mass is 228 g/mol. The van der Waals surface area contributed by atoms with E-state index in [9.17, 15) is 0 Å². The molecule has 1 unspecified atom stereocenters. The Kier molecular flexibility index (Phi) is 7.01. The highest BCUT2D eigenvalue weighted by atomic mass is 16.5. The highest BCUT2D eigenvalue weighted by molar-refractivity contribution is 4.79. The van der Waals surface area contributed by atoms with E-state index in [1.54, 1.807) is 0 Å². The molecule has 0 aliphatic carbocycles. The lowest BCUT2D eigenvalue weighted by molar-refractivity contribution is 0.115. The van der Waals surface area contributed by atoms with Gasteiger partial charge in [-0.15, -0.1) is 0 Å². The first kappa shape index (κ1) is 13.9. The zero-order chi connectivity index (χ0) is 11.8. The summed E-state index contributed by atoms with van der Waals surface area (Å²) in [6, 6.07) is 1.19. The molecule has 0 bridgehead atoms. The van der Waals surface area contributed by atoms with Gasteiger partial charge >= 0.3 is 0 Å². The normalized spacial score (nSPS) is 21.2. The predicted molar refractivity (Wildman–Crippen MR) is 68.8 cm³/mol. The van der Waals surface area contributed by atoms with Crippen LogP contribution in [0.3, 0.4) is 0 Å². The molecule has 1 N–H and O–H groups in total. The Morgan fingerprint density at radius 1 is 1.31 bits per heavy atom. The van der Waals surface area contributed by atoms with Crippen molar-refractivity contribution in [2.75, 3.05) is 32.8 Å². The minimum absolute atomic E-state index is 0.489. The van der Waals surface area contributed by atoms with Crippen LogP contribution in [-0.4, -0.2) is 49.8 Å². The summed E-state index contributed by atoms with van der Waals surface area (Å²) in [7, 11) is 0. The Labute approximate surface area is 101 Å². The van der Waals surface area contributed by atoms with Crippen LogP contribution in [0.5, 0.6) is 0 Å². The Bertz CT molecular complexity index is 167. The van der Waals surface area contributed by atoms with Gasteiger partial charge in [-0.1, -0.05) is 6.92 Å². The second-order valence-corrected chi connectivity index (χ2v) is 4.84. The number of rotatable bonds is 7. The molecular formula is C13H28N2O. The van der Waals surface area contributed by atoms with E-state index in [2.05, 4.69) is 31.0 Å². The van der Waals surface area contributed by atoms with E-state index < -0.39 is 0 Å². The molecule has 0 aromatic carbocycles. The summed E-state index contributed by atoms with van der Waals surface area (Å²) >= 11 is 0. The van der Waals surface area contributed by atoms with Crippen LogP contribution >= 0.6 is 0 Å². The fourth-order valence-electron chi connectivity index (χ4n) is 2.38. The molecule has 1 fully saturated rings. The minimum Gasteiger partial charge on any atom is -0.380 e. The SMILES string of the molecule is CCCN1CCC(NC(C)COCC)CC1. The molecule has 1 rings (SSSR count). The van der Waals surface area contributed by atoms with Gasteiger partial charge in [-0.2, -0.15) is 0 Å². The minimum atomic E-state index is 0.489. The van der Waals surface area contributed by atoms with Gasteiger partial charge in [0.25, 0.3) is 0 Å². The number of likely N-dealkylation sites (tertiary alicyclic amines) is 1. The van der Waals surface area contributed by atoms with E-state index in [-0.39, 0.29) is 0 Å². The fourth-order valence-corrected chi connectivity index (χ4v) is 2.38. The summed E-state index contributed by atoms with van der Waals surface area (Å²) in [4.78, 5) is 2.57. The molecule has 1 heterocycles. The maximum Gasteiger partial charge on any atom is 0.0616 e. The lowest BCUT2D eigenvalue weighted by Crippen LogP contribution is -2.46. The highest BCUT2D eigenvalue weighted by Gasteiger charge is 2.19. The van der Waals surface area contributed by atoms with Crippen molar-refractivity contribution in [1.82, 2.24) is 10.2 Å². The van der Waals surface area contributed by atoms with Crippen molar-refractivity contribution in [3.63, 3.8) is 0 Å². The predicted octanol–water partition coefficient (Wildman–Crippen LogP) is 1.88. The van der Waals surface area contributed by atoms with Crippen molar-refractivity contribution in [2.24, 2.45) is 0 Å². The second-order valence-electron chi connectivity index (χ2n) is 4.84. The van der Waals surface area contributed by atoms with Crippen LogP contribution in [0.25, 0.3) is 0 Å². The second kappa shape index (κ2) is 8.04. The molecule has 0 saturated carbocycles. The number of ether oxygens (including phenoxy) is 1. The molecule has 1 atom stereocenters. The molecule has 1 aliphatic rings. The number of hydrogen-bond donors (Lipinski definition) is 1. The molecule has 3 nitrogen and oxygen atoms in total. The average Bonchev–Trinajstić information content (AvgIpc) is 2.29. The Morgan fingerprint density at radius 2 is 2.00 bits per heavy atom. The first-order chi connectivity index (χ1) is 7.76. The van der Waals surface area contributed by atoms with Gasteiger partial charge in [0.05, 0.1) is 6.61 Å². The van der Waals surface area contributed by atoms with E-state index in [1.807, 2.05) is 0 Å². The van der Waals surface area contributed by atoms with E-state index in [4.69, 9.17) is 4.74 Å². The van der Waals surface area contributed by atoms with E-state index in [0.717, 1.165) is 13.2 Å². The Balaban J connectivity index is 2.11. The van der Waals surface area contributed by atoms with Crippen molar-refractivity contribution >= 4 is 0 Å². The third kappa shape index (κ3) is 5.28.